The van der Waals surface area contributed by atoms with Crippen LogP contribution >= 0.6 is 11.3 Å². The molecule has 1 aromatic heterocycles. The van der Waals surface area contributed by atoms with Gasteiger partial charge in [0.2, 0.25) is 0 Å². The Morgan fingerprint density at radius 2 is 2.18 bits per heavy atom. The van der Waals surface area contributed by atoms with Crippen LogP contribution in [0.1, 0.15) is 35.4 Å². The number of carbonyl (C=O) groups is 1. The maximum atomic E-state index is 11.9. The Bertz CT molecular complexity index is 367. The van der Waals surface area contributed by atoms with Crippen LogP contribution in [0.25, 0.3) is 0 Å². The van der Waals surface area contributed by atoms with Crippen LogP contribution in [0.15, 0.2) is 17.5 Å². The highest BCUT2D eigenvalue weighted by Crippen LogP contribution is 2.33. The molecule has 0 aliphatic heterocycles. The minimum Gasteiger partial charge on any atom is -0.349 e. The normalized spacial score (nSPS) is 18.5. The maximum absolute atomic E-state index is 11.9. The molecule has 1 amide bonds. The first-order chi connectivity index (χ1) is 8.14. The van der Waals surface area contributed by atoms with Gasteiger partial charge in [0.1, 0.15) is 0 Å². The Labute approximate surface area is 107 Å². The highest BCUT2D eigenvalue weighted by Gasteiger charge is 2.36. The van der Waals surface area contributed by atoms with Crippen LogP contribution in [0.4, 0.5) is 0 Å². The lowest BCUT2D eigenvalue weighted by molar-refractivity contribution is 0.0904. The molecule has 1 N–H and O–H groups in total. The average Bonchev–Trinajstić information content (AvgIpc) is 2.97. The lowest BCUT2D eigenvalue weighted by Crippen LogP contribution is -2.50. The van der Waals surface area contributed by atoms with E-state index in [4.69, 9.17) is 0 Å². The van der Waals surface area contributed by atoms with Crippen molar-refractivity contribution in [3.05, 3.63) is 22.4 Å². The van der Waals surface area contributed by atoms with Crippen molar-refractivity contribution >= 4 is 17.2 Å². The topological polar surface area (TPSA) is 32.3 Å². The molecule has 1 fully saturated rings. The summed E-state index contributed by atoms with van der Waals surface area (Å²) in [5, 5.41) is 5.02. The lowest BCUT2D eigenvalue weighted by atomic mass is 9.96. The second-order valence-corrected chi connectivity index (χ2v) is 5.93. The second kappa shape index (κ2) is 5.19. The van der Waals surface area contributed by atoms with Crippen LogP contribution in [-0.2, 0) is 0 Å². The van der Waals surface area contributed by atoms with Crippen molar-refractivity contribution in [3.63, 3.8) is 0 Å². The van der Waals surface area contributed by atoms with E-state index in [0.717, 1.165) is 11.4 Å². The molecular formula is C13H20N2OS. The first-order valence-corrected chi connectivity index (χ1v) is 7.01. The van der Waals surface area contributed by atoms with E-state index in [-0.39, 0.29) is 11.4 Å². The fraction of sp³-hybridized carbons (Fsp3) is 0.615. The monoisotopic (exact) mass is 252 g/mol. The summed E-state index contributed by atoms with van der Waals surface area (Å²) in [4.78, 5) is 15.0. The number of thiophene rings is 1. The van der Waals surface area contributed by atoms with Crippen LogP contribution in [-0.4, -0.2) is 37.0 Å². The zero-order valence-electron chi connectivity index (χ0n) is 10.5. The van der Waals surface area contributed by atoms with E-state index < -0.39 is 0 Å². The summed E-state index contributed by atoms with van der Waals surface area (Å²) in [7, 11) is 4.23. The average molecular weight is 252 g/mol. The molecule has 0 bridgehead atoms. The van der Waals surface area contributed by atoms with Gasteiger partial charge in [-0.15, -0.1) is 11.3 Å². The van der Waals surface area contributed by atoms with Crippen molar-refractivity contribution in [1.29, 1.82) is 0 Å². The number of amides is 1. The van der Waals surface area contributed by atoms with E-state index in [1.165, 1.54) is 37.0 Å². The Balaban J connectivity index is 1.94. The predicted molar refractivity (Wildman–Crippen MR) is 71.5 cm³/mol. The largest absolute Gasteiger partial charge is 0.349 e. The summed E-state index contributed by atoms with van der Waals surface area (Å²) in [6.07, 6.45) is 4.91. The molecule has 0 unspecified atom stereocenters. The van der Waals surface area contributed by atoms with Crippen molar-refractivity contribution in [1.82, 2.24) is 10.2 Å². The molecule has 94 valence electrons. The number of nitrogens with zero attached hydrogens (tertiary/aromatic N) is 1. The molecule has 1 aliphatic rings. The molecule has 4 heteroatoms. The molecule has 1 aliphatic carbocycles. The Morgan fingerprint density at radius 3 is 2.71 bits per heavy atom. The molecule has 3 nitrogen and oxygen atoms in total. The van der Waals surface area contributed by atoms with Crippen molar-refractivity contribution in [2.45, 2.75) is 31.2 Å². The van der Waals surface area contributed by atoms with E-state index in [0.29, 0.717) is 0 Å². The van der Waals surface area contributed by atoms with Crippen molar-refractivity contribution in [2.24, 2.45) is 0 Å². The Hall–Kier alpha value is -0.870. The zero-order valence-corrected chi connectivity index (χ0v) is 11.3. The van der Waals surface area contributed by atoms with Crippen molar-refractivity contribution in [2.75, 3.05) is 20.6 Å². The molecular weight excluding hydrogens is 232 g/mol. The van der Waals surface area contributed by atoms with Gasteiger partial charge in [0.25, 0.3) is 5.91 Å². The van der Waals surface area contributed by atoms with Gasteiger partial charge in [-0.1, -0.05) is 18.9 Å². The number of carbonyl (C=O) groups excluding carboxylic acids is 1. The first kappa shape index (κ1) is 12.6. The SMILES string of the molecule is CN(C)C1(CNC(=O)c2cccs2)CCCC1. The third-order valence-corrected chi connectivity index (χ3v) is 4.67. The van der Waals surface area contributed by atoms with Crippen LogP contribution < -0.4 is 5.32 Å². The first-order valence-electron chi connectivity index (χ1n) is 6.13. The highest BCUT2D eigenvalue weighted by molar-refractivity contribution is 7.12. The van der Waals surface area contributed by atoms with Gasteiger partial charge >= 0.3 is 0 Å². The fourth-order valence-corrected chi connectivity index (χ4v) is 3.19. The van der Waals surface area contributed by atoms with Crippen LogP contribution in [0, 0.1) is 0 Å². The van der Waals surface area contributed by atoms with E-state index in [1.807, 2.05) is 17.5 Å². The van der Waals surface area contributed by atoms with Crippen molar-refractivity contribution in [3.8, 4) is 0 Å². The van der Waals surface area contributed by atoms with Gasteiger partial charge in [0.05, 0.1) is 4.88 Å². The smallest absolute Gasteiger partial charge is 0.261 e. The highest BCUT2D eigenvalue weighted by atomic mass is 32.1. The van der Waals surface area contributed by atoms with Crippen LogP contribution in [0.2, 0.25) is 0 Å². The summed E-state index contributed by atoms with van der Waals surface area (Å²) in [6.45, 7) is 0.761. The Morgan fingerprint density at radius 1 is 1.47 bits per heavy atom. The van der Waals surface area contributed by atoms with E-state index >= 15 is 0 Å². The number of hydrogen-bond acceptors (Lipinski definition) is 3. The summed E-state index contributed by atoms with van der Waals surface area (Å²) >= 11 is 1.50. The maximum Gasteiger partial charge on any atom is 0.261 e. The fourth-order valence-electron chi connectivity index (χ4n) is 2.55. The van der Waals surface area contributed by atoms with E-state index in [2.05, 4.69) is 24.3 Å². The standard InChI is InChI=1S/C13H20N2OS/c1-15(2)13(7-3-4-8-13)10-14-12(16)11-6-5-9-17-11/h5-6,9H,3-4,7-8,10H2,1-2H3,(H,14,16). The van der Waals surface area contributed by atoms with Gasteiger partial charge in [-0.25, -0.2) is 0 Å². The summed E-state index contributed by atoms with van der Waals surface area (Å²) in [5.74, 6) is 0.0631. The molecule has 2 rings (SSSR count). The van der Waals surface area contributed by atoms with Gasteiger partial charge in [0.15, 0.2) is 0 Å². The number of rotatable bonds is 4. The number of nitrogens with one attached hydrogen (secondary N) is 1. The van der Waals surface area contributed by atoms with Crippen LogP contribution in [0.3, 0.4) is 0 Å². The quantitative estimate of drug-likeness (QED) is 0.892. The number of likely N-dealkylation sites (N-methyl/N-ethyl adjacent to an activating group) is 1. The van der Waals surface area contributed by atoms with Gasteiger partial charge in [-0.2, -0.15) is 0 Å². The summed E-state index contributed by atoms with van der Waals surface area (Å²) < 4.78 is 0. The Kier molecular flexibility index (Phi) is 3.84. The molecule has 0 radical (unpaired) electrons. The van der Waals surface area contributed by atoms with Gasteiger partial charge < -0.3 is 10.2 Å². The van der Waals surface area contributed by atoms with Gasteiger partial charge in [-0.05, 0) is 38.4 Å². The summed E-state index contributed by atoms with van der Waals surface area (Å²) in [5.41, 5.74) is 0.174. The van der Waals surface area contributed by atoms with Crippen molar-refractivity contribution < 1.29 is 4.79 Å². The van der Waals surface area contributed by atoms with Gasteiger partial charge in [-0.3, -0.25) is 4.79 Å². The minimum absolute atomic E-state index is 0.0631. The molecule has 0 aromatic carbocycles. The second-order valence-electron chi connectivity index (χ2n) is 4.99. The van der Waals surface area contributed by atoms with Gasteiger partial charge in [0, 0.05) is 12.1 Å². The number of hydrogen-bond donors (Lipinski definition) is 1. The van der Waals surface area contributed by atoms with E-state index in [9.17, 15) is 4.79 Å². The van der Waals surface area contributed by atoms with E-state index in [1.54, 1.807) is 0 Å². The molecule has 0 atom stereocenters. The molecule has 0 spiro atoms. The predicted octanol–water partition coefficient (Wildman–Crippen LogP) is 2.35. The minimum atomic E-state index is 0.0631. The molecule has 1 heterocycles. The molecule has 1 saturated carbocycles. The third-order valence-electron chi connectivity index (χ3n) is 3.81. The lowest BCUT2D eigenvalue weighted by Gasteiger charge is -2.36. The molecule has 0 saturated heterocycles. The van der Waals surface area contributed by atoms with Crippen LogP contribution in [0.5, 0.6) is 0 Å². The molecule has 1 aromatic rings. The third kappa shape index (κ3) is 2.69. The molecule has 17 heavy (non-hydrogen) atoms. The summed E-state index contributed by atoms with van der Waals surface area (Å²) in [6, 6.07) is 3.79. The zero-order chi connectivity index (χ0) is 12.3.